The second kappa shape index (κ2) is 5.17. The van der Waals surface area contributed by atoms with Gasteiger partial charge in [-0.25, -0.2) is 0 Å². The molecule has 74 valence electrons. The van der Waals surface area contributed by atoms with Crippen molar-refractivity contribution in [1.82, 2.24) is 0 Å². The Balaban J connectivity index is 3.29. The van der Waals surface area contributed by atoms with Crippen LogP contribution in [0.5, 0.6) is 0 Å². The number of aryl methyl sites for hydroxylation is 1. The van der Waals surface area contributed by atoms with Crippen LogP contribution in [0.15, 0.2) is 16.6 Å². The van der Waals surface area contributed by atoms with E-state index in [1.807, 2.05) is 0 Å². The highest BCUT2D eigenvalue weighted by Gasteiger charge is 2.08. The molecule has 0 saturated heterocycles. The zero-order valence-corrected chi connectivity index (χ0v) is 10.2. The predicted octanol–water partition coefficient (Wildman–Crippen LogP) is 3.64. The molecule has 0 aliphatic rings. The van der Waals surface area contributed by atoms with Crippen LogP contribution in [-0.2, 0) is 19.3 Å². The highest BCUT2D eigenvalue weighted by atomic mass is 79.9. The van der Waals surface area contributed by atoms with Crippen LogP contribution in [-0.4, -0.2) is 0 Å². The van der Waals surface area contributed by atoms with E-state index in [2.05, 4.69) is 48.0 Å². The van der Waals surface area contributed by atoms with Crippen molar-refractivity contribution in [3.05, 3.63) is 33.3 Å². The normalized spacial score (nSPS) is 9.86. The quantitative estimate of drug-likeness (QED) is 0.805. The first kappa shape index (κ1) is 11.3. The van der Waals surface area contributed by atoms with Crippen molar-refractivity contribution in [2.45, 2.75) is 33.1 Å². The molecule has 0 unspecified atom stereocenters. The lowest BCUT2D eigenvalue weighted by molar-refractivity contribution is 1.01. The van der Waals surface area contributed by atoms with Gasteiger partial charge in [0.2, 0.25) is 0 Å². The van der Waals surface area contributed by atoms with Gasteiger partial charge < -0.3 is 0 Å². The van der Waals surface area contributed by atoms with Gasteiger partial charge in [0.1, 0.15) is 0 Å². The molecule has 2 heteroatoms. The third-order valence-electron chi connectivity index (χ3n) is 2.46. The summed E-state index contributed by atoms with van der Waals surface area (Å²) in [5.74, 6) is 0. The third-order valence-corrected chi connectivity index (χ3v) is 3.20. The minimum atomic E-state index is 0.520. The van der Waals surface area contributed by atoms with Crippen molar-refractivity contribution in [1.29, 1.82) is 5.26 Å². The lowest BCUT2D eigenvalue weighted by Crippen LogP contribution is -1.99. The number of halogens is 1. The summed E-state index contributed by atoms with van der Waals surface area (Å²) in [5, 5.41) is 8.79. The Morgan fingerprint density at radius 2 is 1.93 bits per heavy atom. The summed E-state index contributed by atoms with van der Waals surface area (Å²) >= 11 is 3.53. The zero-order chi connectivity index (χ0) is 10.6. The monoisotopic (exact) mass is 251 g/mol. The van der Waals surface area contributed by atoms with Crippen LogP contribution in [0.4, 0.5) is 0 Å². The van der Waals surface area contributed by atoms with Crippen LogP contribution >= 0.6 is 15.9 Å². The second-order valence-electron chi connectivity index (χ2n) is 3.21. The maximum absolute atomic E-state index is 8.79. The molecule has 0 heterocycles. The van der Waals surface area contributed by atoms with E-state index in [4.69, 9.17) is 5.26 Å². The smallest absolute Gasteiger partial charge is 0.0669 e. The molecule has 1 aromatic rings. The van der Waals surface area contributed by atoms with Crippen LogP contribution in [0.25, 0.3) is 0 Å². The molecule has 0 N–H and O–H groups in total. The van der Waals surface area contributed by atoms with Crippen molar-refractivity contribution in [2.24, 2.45) is 0 Å². The number of nitriles is 1. The van der Waals surface area contributed by atoms with Gasteiger partial charge in [0.15, 0.2) is 0 Å². The standard InChI is InChI=1S/C12H14BrN/c1-3-9-5-6-12(13)10(4-2)11(9)7-8-14/h5-6H,3-4,7H2,1-2H3. The van der Waals surface area contributed by atoms with Gasteiger partial charge in [-0.2, -0.15) is 5.26 Å². The largest absolute Gasteiger partial charge is 0.198 e. The molecule has 0 radical (unpaired) electrons. The number of hydrogen-bond acceptors (Lipinski definition) is 1. The van der Waals surface area contributed by atoms with Gasteiger partial charge >= 0.3 is 0 Å². The lowest BCUT2D eigenvalue weighted by Gasteiger charge is -2.12. The molecular weight excluding hydrogens is 238 g/mol. The second-order valence-corrected chi connectivity index (χ2v) is 4.06. The van der Waals surface area contributed by atoms with E-state index in [0.717, 1.165) is 17.3 Å². The van der Waals surface area contributed by atoms with E-state index in [1.54, 1.807) is 0 Å². The first-order valence-corrected chi connectivity index (χ1v) is 5.69. The van der Waals surface area contributed by atoms with E-state index >= 15 is 0 Å². The van der Waals surface area contributed by atoms with Crippen LogP contribution in [0.1, 0.15) is 30.5 Å². The van der Waals surface area contributed by atoms with Gasteiger partial charge in [0, 0.05) is 4.47 Å². The molecule has 0 bridgehead atoms. The number of rotatable bonds is 3. The highest BCUT2D eigenvalue weighted by molar-refractivity contribution is 9.10. The SMILES string of the molecule is CCc1ccc(Br)c(CC)c1CC#N. The molecule has 1 aromatic carbocycles. The topological polar surface area (TPSA) is 23.8 Å². The first-order valence-electron chi connectivity index (χ1n) is 4.90. The molecule has 0 aromatic heterocycles. The summed E-state index contributed by atoms with van der Waals surface area (Å²) in [6.07, 6.45) is 2.49. The van der Waals surface area contributed by atoms with E-state index < -0.39 is 0 Å². The van der Waals surface area contributed by atoms with Gasteiger partial charge in [-0.1, -0.05) is 35.8 Å². The molecule has 0 saturated carbocycles. The fourth-order valence-corrected chi connectivity index (χ4v) is 2.38. The summed E-state index contributed by atoms with van der Waals surface area (Å²) in [5.41, 5.74) is 3.80. The molecule has 1 nitrogen and oxygen atoms in total. The molecule has 0 fully saturated rings. The maximum Gasteiger partial charge on any atom is 0.0669 e. The Hall–Kier alpha value is -0.810. The minimum Gasteiger partial charge on any atom is -0.198 e. The van der Waals surface area contributed by atoms with Crippen LogP contribution in [0.2, 0.25) is 0 Å². The summed E-state index contributed by atoms with van der Waals surface area (Å²) in [6, 6.07) is 6.43. The van der Waals surface area contributed by atoms with Gasteiger partial charge in [-0.15, -0.1) is 0 Å². The van der Waals surface area contributed by atoms with Gasteiger partial charge in [-0.05, 0) is 35.6 Å². The minimum absolute atomic E-state index is 0.520. The number of benzene rings is 1. The Labute approximate surface area is 93.9 Å². The molecule has 0 amide bonds. The van der Waals surface area contributed by atoms with Crippen molar-refractivity contribution < 1.29 is 0 Å². The first-order chi connectivity index (χ1) is 6.74. The van der Waals surface area contributed by atoms with Gasteiger partial charge in [0.05, 0.1) is 12.5 Å². The summed E-state index contributed by atoms with van der Waals surface area (Å²) in [7, 11) is 0. The summed E-state index contributed by atoms with van der Waals surface area (Å²) in [6.45, 7) is 4.25. The summed E-state index contributed by atoms with van der Waals surface area (Å²) < 4.78 is 1.13. The average molecular weight is 252 g/mol. The highest BCUT2D eigenvalue weighted by Crippen LogP contribution is 2.25. The van der Waals surface area contributed by atoms with E-state index in [0.29, 0.717) is 6.42 Å². The lowest BCUT2D eigenvalue weighted by atomic mass is 9.96. The molecule has 0 atom stereocenters. The average Bonchev–Trinajstić information content (AvgIpc) is 2.19. The number of nitrogens with zero attached hydrogens (tertiary/aromatic N) is 1. The number of hydrogen-bond donors (Lipinski definition) is 0. The zero-order valence-electron chi connectivity index (χ0n) is 8.60. The van der Waals surface area contributed by atoms with Crippen LogP contribution in [0.3, 0.4) is 0 Å². The Bertz CT molecular complexity index is 363. The third kappa shape index (κ3) is 2.16. The van der Waals surface area contributed by atoms with Gasteiger partial charge in [0.25, 0.3) is 0 Å². The molecule has 14 heavy (non-hydrogen) atoms. The summed E-state index contributed by atoms with van der Waals surface area (Å²) in [4.78, 5) is 0. The molecule has 1 rings (SSSR count). The van der Waals surface area contributed by atoms with Crippen molar-refractivity contribution in [3.8, 4) is 6.07 Å². The Kier molecular flexibility index (Phi) is 4.16. The van der Waals surface area contributed by atoms with Crippen LogP contribution < -0.4 is 0 Å². The molecule has 0 aliphatic carbocycles. The Morgan fingerprint density at radius 1 is 1.21 bits per heavy atom. The van der Waals surface area contributed by atoms with E-state index in [9.17, 15) is 0 Å². The van der Waals surface area contributed by atoms with Crippen molar-refractivity contribution >= 4 is 15.9 Å². The predicted molar refractivity (Wildman–Crippen MR) is 62.2 cm³/mol. The fourth-order valence-electron chi connectivity index (χ4n) is 1.73. The molecule has 0 aliphatic heterocycles. The van der Waals surface area contributed by atoms with E-state index in [1.165, 1.54) is 16.7 Å². The molecule has 0 spiro atoms. The van der Waals surface area contributed by atoms with Crippen molar-refractivity contribution in [3.63, 3.8) is 0 Å². The maximum atomic E-state index is 8.79. The van der Waals surface area contributed by atoms with Gasteiger partial charge in [-0.3, -0.25) is 0 Å². The fraction of sp³-hybridized carbons (Fsp3) is 0.417. The van der Waals surface area contributed by atoms with E-state index in [-0.39, 0.29) is 0 Å². The molecular formula is C12H14BrN. The van der Waals surface area contributed by atoms with Crippen LogP contribution in [0, 0.1) is 11.3 Å². The van der Waals surface area contributed by atoms with Crippen molar-refractivity contribution in [2.75, 3.05) is 0 Å². The Morgan fingerprint density at radius 3 is 2.43 bits per heavy atom.